The molecule has 8 heteroatoms. The van der Waals surface area contributed by atoms with Gasteiger partial charge in [-0.1, -0.05) is 60.3 Å². The Balaban J connectivity index is 1.61. The lowest BCUT2D eigenvalue weighted by atomic mass is 10.1. The van der Waals surface area contributed by atoms with Crippen molar-refractivity contribution in [2.75, 3.05) is 7.11 Å². The number of benzene rings is 2. The molecule has 0 atom stereocenters. The number of ether oxygens (including phenoxy) is 1. The zero-order valence-corrected chi connectivity index (χ0v) is 16.2. The van der Waals surface area contributed by atoms with E-state index in [9.17, 15) is 13.2 Å². The van der Waals surface area contributed by atoms with Crippen LogP contribution in [0.3, 0.4) is 0 Å². The summed E-state index contributed by atoms with van der Waals surface area (Å²) in [5.41, 5.74) is 2.15. The van der Waals surface area contributed by atoms with Gasteiger partial charge in [-0.05, 0) is 23.8 Å². The van der Waals surface area contributed by atoms with Gasteiger partial charge in [0.2, 0.25) is 5.88 Å². The average Bonchev–Trinajstić information content (AvgIpc) is 3.10. The van der Waals surface area contributed by atoms with E-state index in [4.69, 9.17) is 4.74 Å². The fraction of sp³-hybridized carbons (Fsp3) is 0.143. The van der Waals surface area contributed by atoms with Crippen molar-refractivity contribution in [2.45, 2.75) is 17.0 Å². The first kappa shape index (κ1) is 19.3. The predicted molar refractivity (Wildman–Crippen MR) is 106 cm³/mol. The molecule has 0 saturated carbocycles. The van der Waals surface area contributed by atoms with Crippen LogP contribution in [0.15, 0.2) is 71.8 Å². The number of aromatic nitrogens is 3. The van der Waals surface area contributed by atoms with E-state index < -0.39 is 11.7 Å². The standard InChI is InChI=1S/C21H16F3N3OS/c1-28-20-19(15-7-3-2-4-8-15)25-17-10-11-18(26-27(17)20)29-13-14-6-5-9-16(12-14)21(22,23)24/h2-12H,13H2,1H3. The van der Waals surface area contributed by atoms with Crippen LogP contribution in [-0.2, 0) is 11.9 Å². The van der Waals surface area contributed by atoms with Crippen LogP contribution in [0.2, 0.25) is 0 Å². The highest BCUT2D eigenvalue weighted by atomic mass is 32.2. The molecule has 0 radical (unpaired) electrons. The quantitative estimate of drug-likeness (QED) is 0.391. The molecule has 148 valence electrons. The van der Waals surface area contributed by atoms with E-state index in [-0.39, 0.29) is 0 Å². The first-order chi connectivity index (χ1) is 14.0. The molecule has 0 bridgehead atoms. The maximum Gasteiger partial charge on any atom is 0.416 e. The molecule has 0 amide bonds. The molecular weight excluding hydrogens is 399 g/mol. The maximum atomic E-state index is 12.9. The van der Waals surface area contributed by atoms with Crippen molar-refractivity contribution in [1.82, 2.24) is 14.6 Å². The van der Waals surface area contributed by atoms with E-state index >= 15 is 0 Å². The van der Waals surface area contributed by atoms with Gasteiger partial charge in [-0.15, -0.1) is 0 Å². The van der Waals surface area contributed by atoms with Gasteiger partial charge in [-0.3, -0.25) is 0 Å². The minimum absolute atomic E-state index is 0.366. The number of rotatable bonds is 5. The lowest BCUT2D eigenvalue weighted by molar-refractivity contribution is -0.137. The van der Waals surface area contributed by atoms with Crippen molar-refractivity contribution in [2.24, 2.45) is 0 Å². The summed E-state index contributed by atoms with van der Waals surface area (Å²) in [7, 11) is 1.56. The summed E-state index contributed by atoms with van der Waals surface area (Å²) >= 11 is 1.35. The van der Waals surface area contributed by atoms with Crippen LogP contribution in [0.4, 0.5) is 13.2 Å². The second-order valence-corrected chi connectivity index (χ2v) is 7.26. The average molecular weight is 415 g/mol. The molecule has 0 spiro atoms. The molecule has 0 N–H and O–H groups in total. The zero-order valence-electron chi connectivity index (χ0n) is 15.3. The van der Waals surface area contributed by atoms with Crippen LogP contribution in [0.5, 0.6) is 5.88 Å². The molecule has 2 aromatic heterocycles. The monoisotopic (exact) mass is 415 g/mol. The van der Waals surface area contributed by atoms with E-state index in [1.54, 1.807) is 23.8 Å². The number of imidazole rings is 1. The number of methoxy groups -OCH3 is 1. The highest BCUT2D eigenvalue weighted by Gasteiger charge is 2.30. The van der Waals surface area contributed by atoms with Gasteiger partial charge in [0.05, 0.1) is 12.7 Å². The summed E-state index contributed by atoms with van der Waals surface area (Å²) < 4.78 is 45.8. The third-order valence-electron chi connectivity index (χ3n) is 4.29. The van der Waals surface area contributed by atoms with Crippen LogP contribution in [0, 0.1) is 0 Å². The van der Waals surface area contributed by atoms with Gasteiger partial charge in [0.15, 0.2) is 5.65 Å². The number of nitrogens with zero attached hydrogens (tertiary/aromatic N) is 3. The van der Waals surface area contributed by atoms with Crippen LogP contribution < -0.4 is 4.74 Å². The van der Waals surface area contributed by atoms with Gasteiger partial charge < -0.3 is 4.74 Å². The molecule has 0 unspecified atom stereocenters. The molecule has 29 heavy (non-hydrogen) atoms. The highest BCUT2D eigenvalue weighted by Crippen LogP contribution is 2.32. The molecular formula is C21H16F3N3OS. The Morgan fingerprint density at radius 2 is 1.79 bits per heavy atom. The molecule has 0 fully saturated rings. The number of hydrogen-bond donors (Lipinski definition) is 0. The number of alkyl halides is 3. The van der Waals surface area contributed by atoms with E-state index in [1.165, 1.54) is 17.8 Å². The minimum atomic E-state index is -4.35. The second-order valence-electron chi connectivity index (χ2n) is 6.26. The molecule has 0 aliphatic carbocycles. The Labute approximate surface area is 169 Å². The number of fused-ring (bicyclic) bond motifs is 1. The predicted octanol–water partition coefficient (Wildman–Crippen LogP) is 5.72. The minimum Gasteiger partial charge on any atom is -0.479 e. The Morgan fingerprint density at radius 3 is 2.52 bits per heavy atom. The zero-order chi connectivity index (χ0) is 20.4. The summed E-state index contributed by atoms with van der Waals surface area (Å²) in [6, 6.07) is 18.6. The molecule has 0 aliphatic heterocycles. The smallest absolute Gasteiger partial charge is 0.416 e. The Hall–Kier alpha value is -3.00. The van der Waals surface area contributed by atoms with E-state index in [1.807, 2.05) is 36.4 Å². The summed E-state index contributed by atoms with van der Waals surface area (Å²) in [5.74, 6) is 0.873. The first-order valence-corrected chi connectivity index (χ1v) is 9.72. The van der Waals surface area contributed by atoms with Gasteiger partial charge in [-0.25, -0.2) is 4.98 Å². The van der Waals surface area contributed by atoms with Gasteiger partial charge in [0.25, 0.3) is 0 Å². The molecule has 0 aliphatic rings. The maximum absolute atomic E-state index is 12.9. The summed E-state index contributed by atoms with van der Waals surface area (Å²) in [4.78, 5) is 4.59. The SMILES string of the molecule is COc1c(-c2ccccc2)nc2ccc(SCc3cccc(C(F)(F)F)c3)nn12. The van der Waals surface area contributed by atoms with Gasteiger partial charge >= 0.3 is 6.18 Å². The highest BCUT2D eigenvalue weighted by molar-refractivity contribution is 7.98. The lowest BCUT2D eigenvalue weighted by Gasteiger charge is -2.08. The van der Waals surface area contributed by atoms with Crippen molar-refractivity contribution >= 4 is 17.4 Å². The van der Waals surface area contributed by atoms with Crippen LogP contribution in [0.1, 0.15) is 11.1 Å². The molecule has 4 aromatic rings. The van der Waals surface area contributed by atoms with Crippen LogP contribution in [0.25, 0.3) is 16.9 Å². The van der Waals surface area contributed by atoms with Crippen molar-refractivity contribution in [3.05, 3.63) is 77.9 Å². The fourth-order valence-corrected chi connectivity index (χ4v) is 3.73. The third-order valence-corrected chi connectivity index (χ3v) is 5.28. The van der Waals surface area contributed by atoms with Gasteiger partial charge in [0, 0.05) is 11.3 Å². The largest absolute Gasteiger partial charge is 0.479 e. The molecule has 4 rings (SSSR count). The van der Waals surface area contributed by atoms with Gasteiger partial charge in [0.1, 0.15) is 10.7 Å². The van der Waals surface area contributed by atoms with E-state index in [0.29, 0.717) is 33.6 Å². The van der Waals surface area contributed by atoms with Crippen LogP contribution >= 0.6 is 11.8 Å². The van der Waals surface area contributed by atoms with Crippen molar-refractivity contribution < 1.29 is 17.9 Å². The van der Waals surface area contributed by atoms with E-state index in [2.05, 4.69) is 10.1 Å². The first-order valence-electron chi connectivity index (χ1n) is 8.74. The topological polar surface area (TPSA) is 39.4 Å². The van der Waals surface area contributed by atoms with E-state index in [0.717, 1.165) is 17.7 Å². The lowest BCUT2D eigenvalue weighted by Crippen LogP contribution is -2.05. The van der Waals surface area contributed by atoms with Crippen molar-refractivity contribution in [3.63, 3.8) is 0 Å². The number of hydrogen-bond acceptors (Lipinski definition) is 4. The Kier molecular flexibility index (Phi) is 5.19. The Bertz CT molecular complexity index is 1140. The number of thioether (sulfide) groups is 1. The molecule has 2 aromatic carbocycles. The fourth-order valence-electron chi connectivity index (χ4n) is 2.94. The second kappa shape index (κ2) is 7.79. The normalized spacial score (nSPS) is 11.7. The molecule has 4 nitrogen and oxygen atoms in total. The molecule has 2 heterocycles. The Morgan fingerprint density at radius 1 is 1.00 bits per heavy atom. The summed E-state index contributed by atoms with van der Waals surface area (Å²) in [5, 5.41) is 5.21. The van der Waals surface area contributed by atoms with Crippen LogP contribution in [-0.4, -0.2) is 21.7 Å². The van der Waals surface area contributed by atoms with Crippen molar-refractivity contribution in [3.8, 4) is 17.1 Å². The van der Waals surface area contributed by atoms with Gasteiger partial charge in [-0.2, -0.15) is 22.8 Å². The van der Waals surface area contributed by atoms with Crippen molar-refractivity contribution in [1.29, 1.82) is 0 Å². The summed E-state index contributed by atoms with van der Waals surface area (Å²) in [6.07, 6.45) is -4.35. The molecule has 0 saturated heterocycles. The number of halogens is 3. The summed E-state index contributed by atoms with van der Waals surface area (Å²) in [6.45, 7) is 0. The third kappa shape index (κ3) is 4.07.